The molecule has 0 saturated carbocycles. The number of aliphatic hydroxyl groups excluding tert-OH is 1. The predicted octanol–water partition coefficient (Wildman–Crippen LogP) is 4.38. The van der Waals surface area contributed by atoms with E-state index in [0.29, 0.717) is 22.5 Å². The quantitative estimate of drug-likeness (QED) is 0.274. The second-order valence-corrected chi connectivity index (χ2v) is 11.4. The van der Waals surface area contributed by atoms with E-state index in [4.69, 9.17) is 0 Å². The van der Waals surface area contributed by atoms with Gasteiger partial charge in [0.05, 0.1) is 23.9 Å². The third-order valence-corrected chi connectivity index (χ3v) is 7.36. The van der Waals surface area contributed by atoms with Crippen LogP contribution in [0.1, 0.15) is 57.9 Å². The first-order valence-electron chi connectivity index (χ1n) is 14.2. The molecule has 0 aliphatic heterocycles. The topological polar surface area (TPSA) is 133 Å². The monoisotopic (exact) mass is 586 g/mol. The number of fused-ring (bicyclic) bond motifs is 1. The van der Waals surface area contributed by atoms with Gasteiger partial charge in [0.25, 0.3) is 11.1 Å². The highest BCUT2D eigenvalue weighted by Gasteiger charge is 2.22. The Morgan fingerprint density at radius 2 is 1.81 bits per heavy atom. The van der Waals surface area contributed by atoms with Gasteiger partial charge in [-0.1, -0.05) is 34.6 Å². The van der Waals surface area contributed by atoms with Gasteiger partial charge in [0, 0.05) is 48.1 Å². The largest absolute Gasteiger partial charge is 0.392 e. The summed E-state index contributed by atoms with van der Waals surface area (Å²) >= 11 is 0. The van der Waals surface area contributed by atoms with E-state index in [1.165, 1.54) is 30.2 Å². The first-order valence-corrected chi connectivity index (χ1v) is 14.2. The molecule has 0 amide bonds. The molecule has 0 aliphatic carbocycles. The number of aromatic nitrogens is 7. The third-order valence-electron chi connectivity index (χ3n) is 7.36. The molecular formula is C31H35FN8O3. The molecular weight excluding hydrogens is 551 g/mol. The highest BCUT2D eigenvalue weighted by molar-refractivity contribution is 5.82. The number of aliphatic hydroxyl groups is 1. The van der Waals surface area contributed by atoms with Crippen molar-refractivity contribution in [1.29, 1.82) is 0 Å². The molecule has 0 unspecified atom stereocenters. The predicted molar refractivity (Wildman–Crippen MR) is 163 cm³/mol. The third kappa shape index (κ3) is 5.57. The van der Waals surface area contributed by atoms with E-state index in [0.717, 1.165) is 35.3 Å². The highest BCUT2D eigenvalue weighted by Crippen LogP contribution is 2.29. The average Bonchev–Trinajstić information content (AvgIpc) is 3.35. The van der Waals surface area contributed by atoms with Crippen molar-refractivity contribution < 1.29 is 9.50 Å². The summed E-state index contributed by atoms with van der Waals surface area (Å²) in [5, 5.41) is 27.1. The standard InChI is InChI=1S/C31H35FN8O3/c1-7-11-39-20(8-2)14-26(37-39)35-25-15-24(36-38(6)29(25)42)21-9-10-33-28(22(21)17-41)40-30(43)27-18(16-34-40)12-19(13-23(27)32)31(3,4)5/h9-10,12-16,41H,7-8,11,17H2,1-6H3,(H,35,37). The van der Waals surface area contributed by atoms with Crippen LogP contribution in [0.25, 0.3) is 27.8 Å². The van der Waals surface area contributed by atoms with Crippen LogP contribution >= 0.6 is 0 Å². The summed E-state index contributed by atoms with van der Waals surface area (Å²) in [6, 6.07) is 8.21. The molecule has 2 N–H and O–H groups in total. The molecule has 5 rings (SSSR count). The SMILES string of the molecule is CCCn1nc(Nc2cc(-c3ccnc(-n4ncc5cc(C(C)(C)C)cc(F)c5c4=O)c3CO)nn(C)c2=O)cc1CC. The van der Waals surface area contributed by atoms with Crippen molar-refractivity contribution in [3.63, 3.8) is 0 Å². The maximum atomic E-state index is 15.3. The van der Waals surface area contributed by atoms with Crippen LogP contribution in [0, 0.1) is 5.82 Å². The fourth-order valence-electron chi connectivity index (χ4n) is 5.05. The lowest BCUT2D eigenvalue weighted by atomic mass is 9.86. The molecule has 0 saturated heterocycles. The average molecular weight is 587 g/mol. The fraction of sp³-hybridized carbons (Fsp3) is 0.355. The summed E-state index contributed by atoms with van der Waals surface area (Å²) in [7, 11) is 1.52. The van der Waals surface area contributed by atoms with Crippen LogP contribution in [0.15, 0.2) is 52.3 Å². The Kier molecular flexibility index (Phi) is 7.98. The second kappa shape index (κ2) is 11.5. The Labute approximate surface area is 247 Å². The number of hydrogen-bond acceptors (Lipinski definition) is 8. The van der Waals surface area contributed by atoms with Crippen LogP contribution in [-0.4, -0.2) is 39.4 Å². The second-order valence-electron chi connectivity index (χ2n) is 11.4. The maximum Gasteiger partial charge on any atom is 0.290 e. The molecule has 1 aromatic carbocycles. The smallest absolute Gasteiger partial charge is 0.290 e. The van der Waals surface area contributed by atoms with Gasteiger partial charge >= 0.3 is 0 Å². The number of benzene rings is 1. The van der Waals surface area contributed by atoms with Crippen LogP contribution in [0.5, 0.6) is 0 Å². The van der Waals surface area contributed by atoms with Crippen molar-refractivity contribution in [1.82, 2.24) is 34.3 Å². The number of pyridine rings is 1. The Morgan fingerprint density at radius 3 is 2.49 bits per heavy atom. The van der Waals surface area contributed by atoms with Crippen molar-refractivity contribution in [2.45, 2.75) is 66.0 Å². The van der Waals surface area contributed by atoms with Gasteiger partial charge in [-0.15, -0.1) is 0 Å². The zero-order valence-corrected chi connectivity index (χ0v) is 25.1. The van der Waals surface area contributed by atoms with Crippen molar-refractivity contribution in [3.05, 3.63) is 86.1 Å². The summed E-state index contributed by atoms with van der Waals surface area (Å²) in [6.07, 6.45) is 4.57. The maximum absolute atomic E-state index is 15.3. The van der Waals surface area contributed by atoms with Gasteiger partial charge in [-0.25, -0.2) is 14.1 Å². The zero-order chi connectivity index (χ0) is 31.1. The molecule has 11 nitrogen and oxygen atoms in total. The minimum Gasteiger partial charge on any atom is -0.392 e. The van der Waals surface area contributed by atoms with Crippen LogP contribution in [-0.2, 0) is 32.0 Å². The summed E-state index contributed by atoms with van der Waals surface area (Å²) in [6.45, 7) is 10.2. The molecule has 0 radical (unpaired) electrons. The minimum atomic E-state index is -0.708. The molecule has 0 spiro atoms. The van der Waals surface area contributed by atoms with E-state index in [1.807, 2.05) is 38.4 Å². The van der Waals surface area contributed by atoms with Gasteiger partial charge in [0.2, 0.25) is 0 Å². The Bertz CT molecular complexity index is 1950. The zero-order valence-electron chi connectivity index (χ0n) is 25.1. The number of halogens is 1. The minimum absolute atomic E-state index is 0.0299. The van der Waals surface area contributed by atoms with Crippen LogP contribution in [0.3, 0.4) is 0 Å². The molecule has 0 atom stereocenters. The molecule has 0 fully saturated rings. The molecule has 4 aromatic heterocycles. The lowest BCUT2D eigenvalue weighted by Crippen LogP contribution is -2.25. The van der Waals surface area contributed by atoms with E-state index >= 15 is 4.39 Å². The lowest BCUT2D eigenvalue weighted by molar-refractivity contribution is 0.281. The first kappa shape index (κ1) is 29.8. The van der Waals surface area contributed by atoms with Crippen molar-refractivity contribution in [3.8, 4) is 17.1 Å². The van der Waals surface area contributed by atoms with Crippen molar-refractivity contribution in [2.75, 3.05) is 5.32 Å². The number of aryl methyl sites for hydroxylation is 3. The first-order chi connectivity index (χ1) is 20.5. The number of rotatable bonds is 8. The Hall–Kier alpha value is -4.71. The number of hydrogen-bond donors (Lipinski definition) is 2. The fourth-order valence-corrected chi connectivity index (χ4v) is 5.05. The highest BCUT2D eigenvalue weighted by atomic mass is 19.1. The summed E-state index contributed by atoms with van der Waals surface area (Å²) in [5.74, 6) is -0.100. The Balaban J connectivity index is 1.62. The normalized spacial score (nSPS) is 11.8. The van der Waals surface area contributed by atoms with Crippen LogP contribution < -0.4 is 16.4 Å². The number of anilines is 2. The van der Waals surface area contributed by atoms with E-state index in [2.05, 4.69) is 32.5 Å². The van der Waals surface area contributed by atoms with E-state index in [-0.39, 0.29) is 33.4 Å². The van der Waals surface area contributed by atoms with Gasteiger partial charge in [-0.05, 0) is 48.1 Å². The van der Waals surface area contributed by atoms with Crippen molar-refractivity contribution in [2.24, 2.45) is 7.05 Å². The summed E-state index contributed by atoms with van der Waals surface area (Å²) < 4.78 is 19.4. The molecule has 5 aromatic rings. The van der Waals surface area contributed by atoms with E-state index in [9.17, 15) is 14.7 Å². The molecule has 43 heavy (non-hydrogen) atoms. The molecule has 12 heteroatoms. The number of nitrogens with one attached hydrogen (secondary N) is 1. The van der Waals surface area contributed by atoms with Gasteiger partial charge in [-0.2, -0.15) is 20.0 Å². The van der Waals surface area contributed by atoms with E-state index in [1.54, 1.807) is 18.2 Å². The van der Waals surface area contributed by atoms with Gasteiger partial charge in [0.1, 0.15) is 11.5 Å². The van der Waals surface area contributed by atoms with Gasteiger partial charge < -0.3 is 10.4 Å². The summed E-state index contributed by atoms with van der Waals surface area (Å²) in [4.78, 5) is 30.9. The van der Waals surface area contributed by atoms with E-state index < -0.39 is 18.0 Å². The molecule has 0 aliphatic rings. The lowest BCUT2D eigenvalue weighted by Gasteiger charge is -2.20. The molecule has 0 bridgehead atoms. The Morgan fingerprint density at radius 1 is 1.05 bits per heavy atom. The molecule has 224 valence electrons. The van der Waals surface area contributed by atoms with Gasteiger partial charge in [-0.3, -0.25) is 14.3 Å². The molecule has 4 heterocycles. The van der Waals surface area contributed by atoms with Crippen molar-refractivity contribution >= 4 is 22.3 Å². The van der Waals surface area contributed by atoms with Gasteiger partial charge in [0.15, 0.2) is 11.6 Å². The van der Waals surface area contributed by atoms with Crippen LogP contribution in [0.4, 0.5) is 15.9 Å². The number of nitrogens with zero attached hydrogens (tertiary/aromatic N) is 7. The summed E-state index contributed by atoms with van der Waals surface area (Å²) in [5.41, 5.74) is 1.61. The van der Waals surface area contributed by atoms with Crippen LogP contribution in [0.2, 0.25) is 0 Å².